The number of hydrogen-bond donors (Lipinski definition) is 3. The van der Waals surface area contributed by atoms with Crippen LogP contribution in [-0.4, -0.2) is 18.1 Å². The van der Waals surface area contributed by atoms with Gasteiger partial charge in [-0.1, -0.05) is 36.4 Å². The third kappa shape index (κ3) is 3.97. The van der Waals surface area contributed by atoms with Gasteiger partial charge >= 0.3 is 0 Å². The highest BCUT2D eigenvalue weighted by Crippen LogP contribution is 2.26. The van der Waals surface area contributed by atoms with Crippen LogP contribution in [0.25, 0.3) is 10.8 Å². The van der Waals surface area contributed by atoms with Gasteiger partial charge in [0.05, 0.1) is 4.90 Å². The molecule has 22 heavy (non-hydrogen) atoms. The molecule has 0 bridgehead atoms. The molecule has 0 aliphatic rings. The van der Waals surface area contributed by atoms with Gasteiger partial charge < -0.3 is 10.8 Å². The minimum Gasteiger partial charge on any atom is -0.507 e. The van der Waals surface area contributed by atoms with E-state index in [0.717, 1.165) is 5.69 Å². The highest BCUT2D eigenvalue weighted by atomic mass is 32.2. The Kier molecular flexibility index (Phi) is 4.65. The third-order valence-corrected chi connectivity index (χ3v) is 3.78. The van der Waals surface area contributed by atoms with E-state index in [1.165, 1.54) is 24.3 Å². The van der Waals surface area contributed by atoms with E-state index in [1.54, 1.807) is 12.1 Å². The second-order valence-corrected chi connectivity index (χ2v) is 5.97. The molecular formula is C16H15NO4S. The Morgan fingerprint density at radius 1 is 0.864 bits per heavy atom. The lowest BCUT2D eigenvalue weighted by molar-refractivity contribution is 0.481. The lowest BCUT2D eigenvalue weighted by Gasteiger charge is -2.02. The number of phenolic OH excluding ortho intramolecular Hbond substituents is 1. The smallest absolute Gasteiger partial charge is 0.294 e. The Balaban J connectivity index is 0.000000211. The average molecular weight is 317 g/mol. The van der Waals surface area contributed by atoms with E-state index in [2.05, 4.69) is 0 Å². The number of aromatic hydroxyl groups is 1. The second kappa shape index (κ2) is 6.46. The molecule has 0 saturated heterocycles. The number of nitrogen functional groups attached to an aromatic ring is 1. The maximum Gasteiger partial charge on any atom is 0.294 e. The maximum absolute atomic E-state index is 10.9. The standard InChI is InChI=1S/C10H8O4S.C6H7N/c11-10-3-1-2-7-4-5-8(6-9(7)10)15(12,13)14;7-6-4-2-1-3-5-6/h1-6,11H,(H,12,13,14);1-5H,7H2. The van der Waals surface area contributed by atoms with Crippen molar-refractivity contribution >= 4 is 26.6 Å². The molecule has 0 atom stereocenters. The molecule has 4 N–H and O–H groups in total. The molecule has 0 amide bonds. The number of fused-ring (bicyclic) bond motifs is 1. The number of hydrogen-bond acceptors (Lipinski definition) is 4. The molecule has 0 spiro atoms. The first-order valence-corrected chi connectivity index (χ1v) is 7.82. The van der Waals surface area contributed by atoms with E-state index in [1.807, 2.05) is 30.3 Å². The van der Waals surface area contributed by atoms with Gasteiger partial charge in [-0.2, -0.15) is 8.42 Å². The molecule has 5 nitrogen and oxygen atoms in total. The van der Waals surface area contributed by atoms with Crippen LogP contribution in [0.3, 0.4) is 0 Å². The Bertz CT molecular complexity index is 877. The zero-order valence-corrected chi connectivity index (χ0v) is 12.4. The van der Waals surface area contributed by atoms with Crippen molar-refractivity contribution in [1.82, 2.24) is 0 Å². The number of para-hydroxylation sites is 1. The molecular weight excluding hydrogens is 302 g/mol. The summed E-state index contributed by atoms with van der Waals surface area (Å²) < 4.78 is 30.6. The van der Waals surface area contributed by atoms with Gasteiger partial charge in [0.25, 0.3) is 10.1 Å². The van der Waals surface area contributed by atoms with Crippen LogP contribution in [0.4, 0.5) is 5.69 Å². The molecule has 0 aromatic heterocycles. The van der Waals surface area contributed by atoms with Crippen LogP contribution in [0, 0.1) is 0 Å². The van der Waals surface area contributed by atoms with Crippen molar-refractivity contribution in [2.24, 2.45) is 0 Å². The number of nitrogens with two attached hydrogens (primary N) is 1. The van der Waals surface area contributed by atoms with Gasteiger partial charge in [0.1, 0.15) is 5.75 Å². The zero-order chi connectivity index (χ0) is 16.2. The fourth-order valence-corrected chi connectivity index (χ4v) is 2.36. The SMILES string of the molecule is Nc1ccccc1.O=S(=O)(O)c1ccc2cccc(O)c2c1. The Hall–Kier alpha value is -2.57. The zero-order valence-electron chi connectivity index (χ0n) is 11.5. The monoisotopic (exact) mass is 317 g/mol. The number of phenols is 1. The molecule has 0 unspecified atom stereocenters. The molecule has 6 heteroatoms. The fraction of sp³-hybridized carbons (Fsp3) is 0. The van der Waals surface area contributed by atoms with Crippen molar-refractivity contribution in [3.05, 3.63) is 66.7 Å². The van der Waals surface area contributed by atoms with Gasteiger partial charge in [0, 0.05) is 11.1 Å². The van der Waals surface area contributed by atoms with E-state index in [9.17, 15) is 13.5 Å². The number of rotatable bonds is 1. The van der Waals surface area contributed by atoms with Crippen molar-refractivity contribution in [2.45, 2.75) is 4.90 Å². The molecule has 0 radical (unpaired) electrons. The van der Waals surface area contributed by atoms with Crippen LogP contribution < -0.4 is 5.73 Å². The molecule has 114 valence electrons. The predicted molar refractivity (Wildman–Crippen MR) is 86.3 cm³/mol. The van der Waals surface area contributed by atoms with E-state index in [4.69, 9.17) is 10.3 Å². The summed E-state index contributed by atoms with van der Waals surface area (Å²) in [4.78, 5) is -0.225. The summed E-state index contributed by atoms with van der Waals surface area (Å²) in [6.45, 7) is 0. The molecule has 0 fully saturated rings. The Morgan fingerprint density at radius 3 is 2.09 bits per heavy atom. The minimum atomic E-state index is -4.22. The second-order valence-electron chi connectivity index (χ2n) is 4.55. The van der Waals surface area contributed by atoms with E-state index in [-0.39, 0.29) is 10.6 Å². The topological polar surface area (TPSA) is 101 Å². The van der Waals surface area contributed by atoms with Gasteiger partial charge in [0.15, 0.2) is 0 Å². The van der Waals surface area contributed by atoms with Crippen molar-refractivity contribution < 1.29 is 18.1 Å². The van der Waals surface area contributed by atoms with Crippen LogP contribution in [0.2, 0.25) is 0 Å². The van der Waals surface area contributed by atoms with Crippen molar-refractivity contribution in [2.75, 3.05) is 5.73 Å². The first-order chi connectivity index (χ1) is 10.4. The molecule has 3 rings (SSSR count). The summed E-state index contributed by atoms with van der Waals surface area (Å²) in [6.07, 6.45) is 0. The quantitative estimate of drug-likeness (QED) is 0.473. The van der Waals surface area contributed by atoms with Gasteiger partial charge in [-0.15, -0.1) is 0 Å². The Labute approximate surface area is 128 Å². The number of benzene rings is 3. The van der Waals surface area contributed by atoms with Crippen LogP contribution in [-0.2, 0) is 10.1 Å². The first-order valence-electron chi connectivity index (χ1n) is 6.38. The Morgan fingerprint density at radius 2 is 1.55 bits per heavy atom. The van der Waals surface area contributed by atoms with E-state index < -0.39 is 10.1 Å². The average Bonchev–Trinajstić information content (AvgIpc) is 2.48. The summed E-state index contributed by atoms with van der Waals surface area (Å²) in [5.41, 5.74) is 6.18. The van der Waals surface area contributed by atoms with E-state index in [0.29, 0.717) is 10.8 Å². The molecule has 3 aromatic carbocycles. The molecule has 0 aliphatic carbocycles. The first kappa shape index (κ1) is 15.8. The summed E-state index contributed by atoms with van der Waals surface area (Å²) in [7, 11) is -4.22. The largest absolute Gasteiger partial charge is 0.507 e. The minimum absolute atomic E-state index is 0.0157. The fourth-order valence-electron chi connectivity index (χ4n) is 1.85. The van der Waals surface area contributed by atoms with Crippen molar-refractivity contribution in [3.8, 4) is 5.75 Å². The summed E-state index contributed by atoms with van der Waals surface area (Å²) in [5, 5.41) is 10.6. The third-order valence-electron chi connectivity index (χ3n) is 2.93. The van der Waals surface area contributed by atoms with Gasteiger partial charge in [0.2, 0.25) is 0 Å². The van der Waals surface area contributed by atoms with Crippen molar-refractivity contribution in [3.63, 3.8) is 0 Å². The summed E-state index contributed by atoms with van der Waals surface area (Å²) in [5.74, 6) is -0.0157. The lowest BCUT2D eigenvalue weighted by atomic mass is 10.1. The lowest BCUT2D eigenvalue weighted by Crippen LogP contribution is -1.97. The number of anilines is 1. The van der Waals surface area contributed by atoms with Crippen LogP contribution in [0.1, 0.15) is 0 Å². The van der Waals surface area contributed by atoms with Gasteiger partial charge in [-0.3, -0.25) is 4.55 Å². The molecule has 0 aliphatic heterocycles. The predicted octanol–water partition coefficient (Wildman–Crippen LogP) is 3.06. The molecule has 3 aromatic rings. The maximum atomic E-state index is 10.9. The van der Waals surface area contributed by atoms with Crippen LogP contribution in [0.5, 0.6) is 5.75 Å². The molecule has 0 saturated carbocycles. The van der Waals surface area contributed by atoms with Gasteiger partial charge in [-0.25, -0.2) is 0 Å². The normalized spacial score (nSPS) is 10.8. The summed E-state index contributed by atoms with van der Waals surface area (Å²) in [6, 6.07) is 18.4. The van der Waals surface area contributed by atoms with E-state index >= 15 is 0 Å². The highest BCUT2D eigenvalue weighted by Gasteiger charge is 2.10. The van der Waals surface area contributed by atoms with Gasteiger partial charge in [-0.05, 0) is 35.7 Å². The van der Waals surface area contributed by atoms with Crippen LogP contribution in [0.15, 0.2) is 71.6 Å². The molecule has 0 heterocycles. The van der Waals surface area contributed by atoms with Crippen molar-refractivity contribution in [1.29, 1.82) is 0 Å². The summed E-state index contributed by atoms with van der Waals surface area (Å²) >= 11 is 0. The van der Waals surface area contributed by atoms with Crippen LogP contribution >= 0.6 is 0 Å². The highest BCUT2D eigenvalue weighted by molar-refractivity contribution is 7.85.